The normalized spacial score (nSPS) is 50.4. The van der Waals surface area contributed by atoms with Crippen molar-refractivity contribution in [3.8, 4) is 0 Å². The second kappa shape index (κ2) is 3.27. The molecular weight excluding hydrogens is 192 g/mol. The second-order valence-corrected chi connectivity index (χ2v) is 7.54. The molecule has 2 rings (SSSR count). The van der Waals surface area contributed by atoms with Gasteiger partial charge < -0.3 is 0 Å². The quantitative estimate of drug-likeness (QED) is 0.605. The van der Waals surface area contributed by atoms with E-state index in [1.165, 1.54) is 19.3 Å². The molecule has 0 aromatic heterocycles. The third-order valence-corrected chi connectivity index (χ3v) is 7.36. The van der Waals surface area contributed by atoms with Gasteiger partial charge in [0.05, 0.1) is 0 Å². The molecule has 0 heterocycles. The lowest BCUT2D eigenvalue weighted by atomic mass is 9.71. The highest BCUT2D eigenvalue weighted by molar-refractivity contribution is 5.40. The Morgan fingerprint density at radius 1 is 0.938 bits per heavy atom. The van der Waals surface area contributed by atoms with Crippen molar-refractivity contribution in [1.82, 2.24) is 0 Å². The van der Waals surface area contributed by atoms with Crippen LogP contribution in [0.2, 0.25) is 0 Å². The van der Waals surface area contributed by atoms with Gasteiger partial charge in [0.25, 0.3) is 0 Å². The van der Waals surface area contributed by atoms with E-state index in [9.17, 15) is 0 Å². The first-order valence-electron chi connectivity index (χ1n) is 7.24. The molecule has 16 heavy (non-hydrogen) atoms. The maximum absolute atomic E-state index is 2.55. The van der Waals surface area contributed by atoms with Crippen molar-refractivity contribution in [2.75, 3.05) is 0 Å². The fourth-order valence-electron chi connectivity index (χ4n) is 4.79. The van der Waals surface area contributed by atoms with E-state index in [0.717, 1.165) is 17.8 Å². The molecular formula is C16H30. The van der Waals surface area contributed by atoms with Gasteiger partial charge in [0.15, 0.2) is 0 Å². The Bertz CT molecular complexity index is 278. The van der Waals surface area contributed by atoms with Gasteiger partial charge in [-0.15, -0.1) is 0 Å². The summed E-state index contributed by atoms with van der Waals surface area (Å²) < 4.78 is 0. The van der Waals surface area contributed by atoms with Crippen LogP contribution in [0.25, 0.3) is 0 Å². The van der Waals surface area contributed by atoms with Crippen LogP contribution in [0.15, 0.2) is 0 Å². The molecule has 0 amide bonds. The third kappa shape index (κ3) is 1.17. The molecule has 2 saturated carbocycles. The Kier molecular flexibility index (Phi) is 2.54. The van der Waals surface area contributed by atoms with Crippen LogP contribution < -0.4 is 0 Å². The van der Waals surface area contributed by atoms with Crippen molar-refractivity contribution in [3.05, 3.63) is 0 Å². The lowest BCUT2D eigenvalue weighted by Gasteiger charge is -2.34. The Morgan fingerprint density at radius 3 is 1.75 bits per heavy atom. The summed E-state index contributed by atoms with van der Waals surface area (Å²) in [5.74, 6) is 2.69. The van der Waals surface area contributed by atoms with Gasteiger partial charge in [0.2, 0.25) is 0 Å². The van der Waals surface area contributed by atoms with Gasteiger partial charge in [0, 0.05) is 0 Å². The van der Waals surface area contributed by atoms with Crippen LogP contribution in [0.5, 0.6) is 0 Å². The lowest BCUT2D eigenvalue weighted by molar-refractivity contribution is 0.153. The van der Waals surface area contributed by atoms with E-state index in [-0.39, 0.29) is 0 Å². The summed E-state index contributed by atoms with van der Waals surface area (Å²) in [6.45, 7) is 17.3. The largest absolute Gasteiger partial charge is 0.0651 e. The minimum atomic E-state index is 0.654. The van der Waals surface area contributed by atoms with Crippen LogP contribution in [0.4, 0.5) is 0 Å². The first-order chi connectivity index (χ1) is 7.24. The molecule has 0 N–H and O–H groups in total. The number of hydrogen-bond acceptors (Lipinski definition) is 0. The standard InChI is InChI=1S/C16H30/c1-8-11(2)12(3)9-13(4)16(7)14(5)10-15(14,16)6/h11-13H,8-10H2,1-7H3. The van der Waals surface area contributed by atoms with Crippen LogP contribution in [0.3, 0.4) is 0 Å². The van der Waals surface area contributed by atoms with Crippen molar-refractivity contribution in [3.63, 3.8) is 0 Å². The van der Waals surface area contributed by atoms with E-state index in [1.54, 1.807) is 0 Å². The van der Waals surface area contributed by atoms with Gasteiger partial charge in [-0.05, 0) is 46.8 Å². The first kappa shape index (κ1) is 12.5. The highest BCUT2D eigenvalue weighted by Gasteiger charge is 2.92. The molecule has 94 valence electrons. The van der Waals surface area contributed by atoms with E-state index in [0.29, 0.717) is 16.2 Å². The summed E-state index contributed by atoms with van der Waals surface area (Å²) in [6.07, 6.45) is 4.24. The fourth-order valence-corrected chi connectivity index (χ4v) is 4.79. The molecule has 0 spiro atoms. The van der Waals surface area contributed by atoms with Crippen molar-refractivity contribution in [2.24, 2.45) is 34.0 Å². The predicted molar refractivity (Wildman–Crippen MR) is 71.3 cm³/mol. The molecule has 2 fully saturated rings. The number of hydrogen-bond donors (Lipinski definition) is 0. The zero-order valence-electron chi connectivity index (χ0n) is 12.4. The van der Waals surface area contributed by atoms with Crippen LogP contribution in [0.1, 0.15) is 67.7 Å². The smallest absolute Gasteiger partial charge is 0.0181 e. The van der Waals surface area contributed by atoms with E-state index in [4.69, 9.17) is 0 Å². The maximum atomic E-state index is 2.55. The van der Waals surface area contributed by atoms with Gasteiger partial charge in [-0.3, -0.25) is 0 Å². The Labute approximate surface area is 102 Å². The van der Waals surface area contributed by atoms with E-state index in [2.05, 4.69) is 48.5 Å². The summed E-state index contributed by atoms with van der Waals surface area (Å²) in [5.41, 5.74) is 2.06. The molecule has 0 heteroatoms. The summed E-state index contributed by atoms with van der Waals surface area (Å²) >= 11 is 0. The zero-order chi connectivity index (χ0) is 12.4. The fraction of sp³-hybridized carbons (Fsp3) is 1.00. The molecule has 2 aliphatic rings. The summed E-state index contributed by atoms with van der Waals surface area (Å²) in [5, 5.41) is 0. The van der Waals surface area contributed by atoms with Crippen molar-refractivity contribution in [2.45, 2.75) is 67.7 Å². The molecule has 2 aliphatic carbocycles. The molecule has 0 aliphatic heterocycles. The topological polar surface area (TPSA) is 0 Å². The van der Waals surface area contributed by atoms with E-state index < -0.39 is 0 Å². The average Bonchev–Trinajstić information content (AvgIpc) is 2.94. The van der Waals surface area contributed by atoms with Crippen LogP contribution in [-0.4, -0.2) is 0 Å². The summed E-state index contributed by atoms with van der Waals surface area (Å²) in [7, 11) is 0. The maximum Gasteiger partial charge on any atom is -0.0181 e. The molecule has 0 bridgehead atoms. The molecule has 0 nitrogen and oxygen atoms in total. The molecule has 0 saturated heterocycles. The molecule has 0 aromatic rings. The van der Waals surface area contributed by atoms with Crippen molar-refractivity contribution < 1.29 is 0 Å². The second-order valence-electron chi connectivity index (χ2n) is 7.54. The molecule has 0 radical (unpaired) electrons. The average molecular weight is 222 g/mol. The Morgan fingerprint density at radius 2 is 1.44 bits per heavy atom. The number of rotatable bonds is 5. The minimum Gasteiger partial charge on any atom is -0.0651 e. The van der Waals surface area contributed by atoms with Gasteiger partial charge in [-0.25, -0.2) is 0 Å². The highest BCUT2D eigenvalue weighted by Crippen LogP contribution is 2.98. The zero-order valence-corrected chi connectivity index (χ0v) is 12.4. The van der Waals surface area contributed by atoms with Crippen LogP contribution >= 0.6 is 0 Å². The Hall–Kier alpha value is 0. The molecule has 5 unspecified atom stereocenters. The third-order valence-electron chi connectivity index (χ3n) is 7.36. The molecule has 5 atom stereocenters. The first-order valence-corrected chi connectivity index (χ1v) is 7.24. The van der Waals surface area contributed by atoms with Crippen molar-refractivity contribution in [1.29, 1.82) is 0 Å². The van der Waals surface area contributed by atoms with Gasteiger partial charge in [-0.1, -0.05) is 54.9 Å². The number of fused-ring (bicyclic) bond motifs is 1. The monoisotopic (exact) mass is 222 g/mol. The lowest BCUT2D eigenvalue weighted by Crippen LogP contribution is -2.26. The van der Waals surface area contributed by atoms with Gasteiger partial charge in [-0.2, -0.15) is 0 Å². The van der Waals surface area contributed by atoms with E-state index >= 15 is 0 Å². The highest BCUT2D eigenvalue weighted by atomic mass is 15.0. The summed E-state index contributed by atoms with van der Waals surface area (Å²) in [6, 6.07) is 0. The van der Waals surface area contributed by atoms with Crippen molar-refractivity contribution >= 4 is 0 Å². The summed E-state index contributed by atoms with van der Waals surface area (Å²) in [4.78, 5) is 0. The van der Waals surface area contributed by atoms with E-state index in [1.807, 2.05) is 0 Å². The molecule has 0 aromatic carbocycles. The van der Waals surface area contributed by atoms with Crippen LogP contribution in [-0.2, 0) is 0 Å². The van der Waals surface area contributed by atoms with Gasteiger partial charge >= 0.3 is 0 Å². The minimum absolute atomic E-state index is 0.654. The Balaban J connectivity index is 1.94. The predicted octanol–water partition coefficient (Wildman–Crippen LogP) is 5.13. The SMILES string of the molecule is CCC(C)C(C)CC(C)C1(C)C2(C)CC21C. The van der Waals surface area contributed by atoms with Crippen LogP contribution in [0, 0.1) is 34.0 Å². The van der Waals surface area contributed by atoms with Gasteiger partial charge in [0.1, 0.15) is 0 Å².